The van der Waals surface area contributed by atoms with E-state index in [1.807, 2.05) is 92.4 Å². The molecule has 0 radical (unpaired) electrons. The molecule has 50 heavy (non-hydrogen) atoms. The molecule has 1 N–H and O–H groups in total. The van der Waals surface area contributed by atoms with Crippen LogP contribution in [0.4, 0.5) is 0 Å². The molecule has 1 saturated carbocycles. The van der Waals surface area contributed by atoms with Gasteiger partial charge in [-0.2, -0.15) is 0 Å². The van der Waals surface area contributed by atoms with E-state index in [-0.39, 0.29) is 42.2 Å². The highest BCUT2D eigenvalue weighted by atomic mass is 16.6. The number of carbonyl (C=O) groups excluding carboxylic acids is 3. The molecule has 3 aromatic carbocycles. The molecule has 3 aromatic rings. The number of ether oxygens (including phenoxy) is 2. The highest BCUT2D eigenvalue weighted by Gasteiger charge is 2.51. The van der Waals surface area contributed by atoms with Crippen molar-refractivity contribution in [2.24, 2.45) is 16.3 Å². The normalized spacial score (nSPS) is 18.4. The molecule has 1 fully saturated rings. The lowest BCUT2D eigenvalue weighted by Gasteiger charge is -2.40. The van der Waals surface area contributed by atoms with Crippen LogP contribution in [0.25, 0.3) is 0 Å². The molecule has 8 heteroatoms. The lowest BCUT2D eigenvalue weighted by Crippen LogP contribution is -2.47. The fourth-order valence-corrected chi connectivity index (χ4v) is 6.52. The molecule has 2 aliphatic rings. The summed E-state index contributed by atoms with van der Waals surface area (Å²) in [6.45, 7) is 14.9. The van der Waals surface area contributed by atoms with E-state index in [9.17, 15) is 14.4 Å². The Kier molecular flexibility index (Phi) is 11.2. The van der Waals surface area contributed by atoms with Crippen molar-refractivity contribution in [1.82, 2.24) is 10.2 Å². The van der Waals surface area contributed by atoms with Gasteiger partial charge < -0.3 is 19.7 Å². The lowest BCUT2D eigenvalue weighted by atomic mass is 9.87. The Bertz CT molecular complexity index is 1670. The number of esters is 1. The monoisotopic (exact) mass is 679 g/mol. The van der Waals surface area contributed by atoms with Crippen LogP contribution in [-0.4, -0.2) is 46.2 Å². The summed E-state index contributed by atoms with van der Waals surface area (Å²) in [5, 5.41) is 2.82. The predicted molar refractivity (Wildman–Crippen MR) is 197 cm³/mol. The van der Waals surface area contributed by atoms with Crippen LogP contribution in [0.2, 0.25) is 0 Å². The Labute approximate surface area is 297 Å². The fraction of sp³-hybridized carbons (Fsp3) is 0.476. The smallest absolute Gasteiger partial charge is 0.308 e. The molecule has 266 valence electrons. The number of aliphatic imine (C=N–C) groups is 1. The number of nitrogens with one attached hydrogen (secondary N) is 1. The maximum atomic E-state index is 14.5. The average Bonchev–Trinajstić information content (AvgIpc) is 3.86. The number of carbonyl (C=O) groups is 3. The van der Waals surface area contributed by atoms with Gasteiger partial charge in [0.05, 0.1) is 12.5 Å². The van der Waals surface area contributed by atoms with Gasteiger partial charge in [0.15, 0.2) is 0 Å². The Morgan fingerprint density at radius 3 is 2.20 bits per heavy atom. The minimum atomic E-state index is -0.717. The van der Waals surface area contributed by atoms with Crippen LogP contribution < -0.4 is 10.1 Å². The molecule has 0 bridgehead atoms. The first-order valence-corrected chi connectivity index (χ1v) is 17.9. The van der Waals surface area contributed by atoms with Gasteiger partial charge in [-0.1, -0.05) is 63.2 Å². The van der Waals surface area contributed by atoms with Gasteiger partial charge in [0.1, 0.15) is 29.3 Å². The van der Waals surface area contributed by atoms with E-state index in [4.69, 9.17) is 14.5 Å². The number of benzene rings is 3. The van der Waals surface area contributed by atoms with Crippen molar-refractivity contribution in [1.29, 1.82) is 0 Å². The molecule has 8 nitrogen and oxygen atoms in total. The third kappa shape index (κ3) is 9.83. The van der Waals surface area contributed by atoms with Crippen molar-refractivity contribution in [3.8, 4) is 5.75 Å². The van der Waals surface area contributed by atoms with E-state index in [1.54, 1.807) is 12.1 Å². The molecule has 1 aliphatic carbocycles. The Morgan fingerprint density at radius 2 is 1.60 bits per heavy atom. The molecular formula is C42H53N3O5. The molecule has 1 aliphatic heterocycles. The van der Waals surface area contributed by atoms with E-state index in [2.05, 4.69) is 33.0 Å². The minimum absolute atomic E-state index is 0.0675. The summed E-state index contributed by atoms with van der Waals surface area (Å²) in [7, 11) is 0. The Balaban J connectivity index is 1.34. The third-order valence-corrected chi connectivity index (χ3v) is 9.14. The van der Waals surface area contributed by atoms with Crippen molar-refractivity contribution < 1.29 is 23.9 Å². The molecule has 0 saturated heterocycles. The van der Waals surface area contributed by atoms with Gasteiger partial charge >= 0.3 is 5.97 Å². The second-order valence-electron chi connectivity index (χ2n) is 16.1. The quantitative estimate of drug-likeness (QED) is 0.173. The van der Waals surface area contributed by atoms with Crippen molar-refractivity contribution in [3.63, 3.8) is 0 Å². The largest absolute Gasteiger partial charge is 0.489 e. The zero-order valence-corrected chi connectivity index (χ0v) is 30.8. The molecular weight excluding hydrogens is 626 g/mol. The Hall–Kier alpha value is -4.46. The van der Waals surface area contributed by atoms with E-state index in [1.165, 1.54) is 0 Å². The first kappa shape index (κ1) is 36.8. The summed E-state index contributed by atoms with van der Waals surface area (Å²) in [6.07, 6.45) is 4.87. The molecule has 2 amide bonds. The zero-order valence-electron chi connectivity index (χ0n) is 30.8. The topological polar surface area (TPSA) is 97.3 Å². The number of amides is 2. The standard InChI is InChI=1S/C42H53N3O5/c1-40(2,3)25-11-26-42(7)44-36(30-20-22-34(23-21-30)49-28-29-12-9-8-10-13-29)39(48)45(42)37(31-14-15-31)32-16-18-33(19-17-32)38(47)43-27-24-35(46)50-41(4,5)6/h8-10,12-13,16-23,31,37H,11,14-15,24-28H2,1-7H3,(H,43,47). The van der Waals surface area contributed by atoms with Crippen LogP contribution in [0.1, 0.15) is 120 Å². The van der Waals surface area contributed by atoms with Crippen molar-refractivity contribution in [2.75, 3.05) is 6.54 Å². The van der Waals surface area contributed by atoms with Gasteiger partial charge in [-0.3, -0.25) is 19.4 Å². The van der Waals surface area contributed by atoms with E-state index < -0.39 is 11.3 Å². The van der Waals surface area contributed by atoms with Crippen LogP contribution in [0.3, 0.4) is 0 Å². The number of hydrogen-bond acceptors (Lipinski definition) is 6. The third-order valence-electron chi connectivity index (χ3n) is 9.14. The maximum absolute atomic E-state index is 14.5. The minimum Gasteiger partial charge on any atom is -0.489 e. The summed E-state index contributed by atoms with van der Waals surface area (Å²) in [5.41, 5.74) is 2.73. The summed E-state index contributed by atoms with van der Waals surface area (Å²) in [4.78, 5) is 46.8. The summed E-state index contributed by atoms with van der Waals surface area (Å²) in [6, 6.07) is 25.1. The van der Waals surface area contributed by atoms with Gasteiger partial charge in [-0.25, -0.2) is 0 Å². The second-order valence-corrected chi connectivity index (χ2v) is 16.1. The average molecular weight is 680 g/mol. The molecule has 2 atom stereocenters. The summed E-state index contributed by atoms with van der Waals surface area (Å²) < 4.78 is 11.4. The van der Waals surface area contributed by atoms with Gasteiger partial charge in [0.25, 0.3) is 11.8 Å². The van der Waals surface area contributed by atoms with Crippen LogP contribution in [0.15, 0.2) is 83.9 Å². The molecule has 1 heterocycles. The first-order chi connectivity index (χ1) is 23.6. The van der Waals surface area contributed by atoms with Gasteiger partial charge in [0.2, 0.25) is 0 Å². The van der Waals surface area contributed by atoms with E-state index >= 15 is 0 Å². The van der Waals surface area contributed by atoms with Crippen LogP contribution in [0.5, 0.6) is 5.75 Å². The highest BCUT2D eigenvalue weighted by molar-refractivity contribution is 6.46. The molecule has 0 spiro atoms. The predicted octanol–water partition coefficient (Wildman–Crippen LogP) is 8.44. The summed E-state index contributed by atoms with van der Waals surface area (Å²) in [5.74, 6) is 0.377. The van der Waals surface area contributed by atoms with E-state index in [0.29, 0.717) is 23.8 Å². The second kappa shape index (κ2) is 15.2. The fourth-order valence-electron chi connectivity index (χ4n) is 6.52. The van der Waals surface area contributed by atoms with Crippen LogP contribution in [-0.2, 0) is 20.9 Å². The summed E-state index contributed by atoms with van der Waals surface area (Å²) >= 11 is 0. The van der Waals surface area contributed by atoms with Gasteiger partial charge in [0, 0.05) is 17.7 Å². The van der Waals surface area contributed by atoms with E-state index in [0.717, 1.165) is 54.5 Å². The molecule has 5 rings (SSSR count). The van der Waals surface area contributed by atoms with Gasteiger partial charge in [-0.05, 0) is 119 Å². The number of nitrogens with zero attached hydrogens (tertiary/aromatic N) is 2. The highest BCUT2D eigenvalue weighted by Crippen LogP contribution is 2.50. The number of hydrogen-bond donors (Lipinski definition) is 1. The maximum Gasteiger partial charge on any atom is 0.308 e. The number of rotatable bonds is 14. The van der Waals surface area contributed by atoms with Crippen molar-refractivity contribution in [2.45, 2.75) is 111 Å². The van der Waals surface area contributed by atoms with Crippen LogP contribution in [0, 0.1) is 11.3 Å². The van der Waals surface area contributed by atoms with Gasteiger partial charge in [-0.15, -0.1) is 0 Å². The van der Waals surface area contributed by atoms with Crippen LogP contribution >= 0.6 is 0 Å². The molecule has 0 aromatic heterocycles. The zero-order chi connectivity index (χ0) is 36.1. The van der Waals surface area contributed by atoms with Crippen molar-refractivity contribution in [3.05, 3.63) is 101 Å². The lowest BCUT2D eigenvalue weighted by molar-refractivity contribution is -0.154. The molecule has 2 unspecified atom stereocenters. The van der Waals surface area contributed by atoms with Crippen molar-refractivity contribution >= 4 is 23.5 Å². The first-order valence-electron chi connectivity index (χ1n) is 17.9. The SMILES string of the molecule is CC(C)(C)CCCC1(C)N=C(c2ccc(OCc3ccccc3)cc2)C(=O)N1C(c1ccc(C(=O)NCCC(=O)OC(C)(C)C)cc1)C1CC1. The Morgan fingerprint density at radius 1 is 0.940 bits per heavy atom.